The van der Waals surface area contributed by atoms with Gasteiger partial charge in [0.15, 0.2) is 0 Å². The van der Waals surface area contributed by atoms with Gasteiger partial charge in [0.05, 0.1) is 5.92 Å². The number of urea groups is 1. The lowest BCUT2D eigenvalue weighted by Gasteiger charge is -2.34. The van der Waals surface area contributed by atoms with Crippen molar-refractivity contribution in [3.05, 3.63) is 29.3 Å². The fourth-order valence-corrected chi connectivity index (χ4v) is 2.96. The maximum atomic E-state index is 12.9. The first kappa shape index (κ1) is 17.6. The molecule has 0 aromatic heterocycles. The van der Waals surface area contributed by atoms with Crippen LogP contribution < -0.4 is 5.32 Å². The van der Waals surface area contributed by atoms with Gasteiger partial charge in [0.25, 0.3) is 0 Å². The van der Waals surface area contributed by atoms with E-state index in [9.17, 15) is 18.0 Å². The van der Waals surface area contributed by atoms with Gasteiger partial charge >= 0.3 is 12.2 Å². The highest BCUT2D eigenvalue weighted by molar-refractivity contribution is 5.91. The second-order valence-corrected chi connectivity index (χ2v) is 6.45. The third kappa shape index (κ3) is 4.18. The number of likely N-dealkylation sites (tertiary alicyclic amines) is 1. The molecule has 3 nitrogen and oxygen atoms in total. The first-order valence-corrected chi connectivity index (χ1v) is 7.92. The van der Waals surface area contributed by atoms with Crippen LogP contribution in [0.15, 0.2) is 18.2 Å². The average Bonchev–Trinajstić information content (AvgIpc) is 2.48. The van der Waals surface area contributed by atoms with E-state index in [1.165, 1.54) is 4.90 Å². The van der Waals surface area contributed by atoms with Crippen LogP contribution in [0.5, 0.6) is 0 Å². The van der Waals surface area contributed by atoms with Crippen LogP contribution in [0.2, 0.25) is 0 Å². The molecule has 0 saturated carbocycles. The van der Waals surface area contributed by atoms with Crippen LogP contribution >= 0.6 is 0 Å². The molecule has 2 rings (SSSR count). The molecule has 1 N–H and O–H groups in total. The smallest absolute Gasteiger partial charge is 0.324 e. The third-order valence-corrected chi connectivity index (χ3v) is 4.33. The van der Waals surface area contributed by atoms with E-state index >= 15 is 0 Å². The number of carbonyl (C=O) groups is 1. The Morgan fingerprint density at radius 2 is 2.04 bits per heavy atom. The standard InChI is InChI=1S/C17H23F3N2O/c1-11(2)14-8-4-6-12(3)15(14)21-16(23)22-9-5-7-13(10-22)17(18,19)20/h4,6,8,11,13H,5,7,9-10H2,1-3H3,(H,21,23)/t13-/m0/s1. The van der Waals surface area contributed by atoms with Crippen LogP contribution in [0, 0.1) is 12.8 Å². The molecular weight excluding hydrogens is 305 g/mol. The summed E-state index contributed by atoms with van der Waals surface area (Å²) in [7, 11) is 0. The zero-order valence-electron chi connectivity index (χ0n) is 13.7. The lowest BCUT2D eigenvalue weighted by molar-refractivity contribution is -0.183. The van der Waals surface area contributed by atoms with Gasteiger partial charge in [0.1, 0.15) is 0 Å². The lowest BCUT2D eigenvalue weighted by Crippen LogP contribution is -2.46. The molecule has 128 valence electrons. The number of carbonyl (C=O) groups excluding carboxylic acids is 1. The molecule has 1 atom stereocenters. The first-order chi connectivity index (χ1) is 10.7. The van der Waals surface area contributed by atoms with Gasteiger partial charge in [-0.15, -0.1) is 0 Å². The summed E-state index contributed by atoms with van der Waals surface area (Å²) in [5.74, 6) is -1.21. The van der Waals surface area contributed by atoms with Gasteiger partial charge in [0, 0.05) is 18.8 Å². The summed E-state index contributed by atoms with van der Waals surface area (Å²) in [6, 6.07) is 5.29. The van der Waals surface area contributed by atoms with E-state index in [0.29, 0.717) is 18.7 Å². The largest absolute Gasteiger partial charge is 0.393 e. The molecule has 1 saturated heterocycles. The molecule has 2 amide bonds. The van der Waals surface area contributed by atoms with Crippen molar-refractivity contribution in [2.45, 2.75) is 45.7 Å². The number of piperidine rings is 1. The van der Waals surface area contributed by atoms with Crippen molar-refractivity contribution < 1.29 is 18.0 Å². The molecule has 0 radical (unpaired) electrons. The van der Waals surface area contributed by atoms with E-state index in [-0.39, 0.29) is 18.9 Å². The van der Waals surface area contributed by atoms with Gasteiger partial charge in [-0.2, -0.15) is 13.2 Å². The number of rotatable bonds is 2. The Hall–Kier alpha value is -1.72. The van der Waals surface area contributed by atoms with Crippen LogP contribution in [0.3, 0.4) is 0 Å². The zero-order chi connectivity index (χ0) is 17.2. The number of nitrogens with one attached hydrogen (secondary N) is 1. The number of nitrogens with zero attached hydrogens (tertiary/aromatic N) is 1. The molecule has 1 fully saturated rings. The molecule has 0 aliphatic carbocycles. The lowest BCUT2D eigenvalue weighted by atomic mass is 9.97. The van der Waals surface area contributed by atoms with Crippen molar-refractivity contribution in [1.29, 1.82) is 0 Å². The molecular formula is C17H23F3N2O. The first-order valence-electron chi connectivity index (χ1n) is 7.92. The molecule has 0 bridgehead atoms. The minimum atomic E-state index is -4.25. The molecule has 1 aliphatic rings. The number of alkyl halides is 3. The summed E-state index contributed by atoms with van der Waals surface area (Å²) in [6.45, 7) is 6.02. The molecule has 23 heavy (non-hydrogen) atoms. The monoisotopic (exact) mass is 328 g/mol. The van der Waals surface area contributed by atoms with Crippen molar-refractivity contribution in [3.8, 4) is 0 Å². The molecule has 1 aliphatic heterocycles. The normalized spacial score (nSPS) is 19.1. The number of para-hydroxylation sites is 1. The molecule has 1 aromatic rings. The summed E-state index contributed by atoms with van der Waals surface area (Å²) in [5.41, 5.74) is 2.61. The Labute approximate surface area is 134 Å². The van der Waals surface area contributed by atoms with Gasteiger partial charge in [-0.1, -0.05) is 32.0 Å². The van der Waals surface area contributed by atoms with Crippen molar-refractivity contribution in [2.24, 2.45) is 5.92 Å². The summed E-state index contributed by atoms with van der Waals surface area (Å²) in [6.07, 6.45) is -3.78. The van der Waals surface area contributed by atoms with E-state index in [4.69, 9.17) is 0 Å². The van der Waals surface area contributed by atoms with Gasteiger partial charge in [-0.25, -0.2) is 4.79 Å². The van der Waals surface area contributed by atoms with Gasteiger partial charge in [-0.3, -0.25) is 0 Å². The van der Waals surface area contributed by atoms with Crippen LogP contribution in [0.4, 0.5) is 23.7 Å². The minimum Gasteiger partial charge on any atom is -0.324 e. The number of hydrogen-bond acceptors (Lipinski definition) is 1. The number of amides is 2. The van der Waals surface area contributed by atoms with Crippen LogP contribution in [0.25, 0.3) is 0 Å². The van der Waals surface area contributed by atoms with E-state index in [0.717, 1.165) is 11.1 Å². The Bertz CT molecular complexity index is 569. The Morgan fingerprint density at radius 3 is 2.65 bits per heavy atom. The highest BCUT2D eigenvalue weighted by Crippen LogP contribution is 2.34. The van der Waals surface area contributed by atoms with Crippen LogP contribution in [-0.2, 0) is 0 Å². The number of benzene rings is 1. The van der Waals surface area contributed by atoms with Crippen LogP contribution in [-0.4, -0.2) is 30.2 Å². The predicted octanol–water partition coefficient (Wildman–Crippen LogP) is 4.92. The number of hydrogen-bond donors (Lipinski definition) is 1. The number of aryl methyl sites for hydroxylation is 1. The third-order valence-electron chi connectivity index (χ3n) is 4.33. The van der Waals surface area contributed by atoms with E-state index in [1.807, 2.05) is 39.0 Å². The van der Waals surface area contributed by atoms with Gasteiger partial charge in [0.2, 0.25) is 0 Å². The van der Waals surface area contributed by atoms with Crippen molar-refractivity contribution in [1.82, 2.24) is 4.90 Å². The van der Waals surface area contributed by atoms with Crippen molar-refractivity contribution in [2.75, 3.05) is 18.4 Å². The fourth-order valence-electron chi connectivity index (χ4n) is 2.96. The highest BCUT2D eigenvalue weighted by atomic mass is 19.4. The summed E-state index contributed by atoms with van der Waals surface area (Å²) in [4.78, 5) is 13.7. The molecule has 0 spiro atoms. The maximum Gasteiger partial charge on any atom is 0.393 e. The quantitative estimate of drug-likeness (QED) is 0.821. The predicted molar refractivity (Wildman–Crippen MR) is 84.6 cm³/mol. The average molecular weight is 328 g/mol. The minimum absolute atomic E-state index is 0.0922. The topological polar surface area (TPSA) is 32.3 Å². The summed E-state index contributed by atoms with van der Waals surface area (Å²) < 4.78 is 38.6. The summed E-state index contributed by atoms with van der Waals surface area (Å²) >= 11 is 0. The Balaban J connectivity index is 2.14. The van der Waals surface area contributed by atoms with Gasteiger partial charge in [-0.05, 0) is 36.8 Å². The summed E-state index contributed by atoms with van der Waals surface area (Å²) in [5, 5.41) is 2.82. The van der Waals surface area contributed by atoms with Crippen LogP contribution in [0.1, 0.15) is 43.7 Å². The van der Waals surface area contributed by atoms with E-state index in [2.05, 4.69) is 5.32 Å². The maximum absolute atomic E-state index is 12.9. The van der Waals surface area contributed by atoms with E-state index < -0.39 is 18.1 Å². The second-order valence-electron chi connectivity index (χ2n) is 6.45. The fraction of sp³-hybridized carbons (Fsp3) is 0.588. The highest BCUT2D eigenvalue weighted by Gasteiger charge is 2.42. The molecule has 6 heteroatoms. The van der Waals surface area contributed by atoms with Crippen molar-refractivity contribution >= 4 is 11.7 Å². The Morgan fingerprint density at radius 1 is 1.35 bits per heavy atom. The van der Waals surface area contributed by atoms with Crippen molar-refractivity contribution in [3.63, 3.8) is 0 Å². The van der Waals surface area contributed by atoms with E-state index in [1.54, 1.807) is 0 Å². The molecule has 1 aromatic carbocycles. The molecule has 0 unspecified atom stereocenters. The number of halogens is 3. The Kier molecular flexibility index (Phi) is 5.22. The second kappa shape index (κ2) is 6.81. The SMILES string of the molecule is Cc1cccc(C(C)C)c1NC(=O)N1CCC[C@H](C(F)(F)F)C1. The molecule has 1 heterocycles. The zero-order valence-corrected chi connectivity index (χ0v) is 13.7. The van der Waals surface area contributed by atoms with Gasteiger partial charge < -0.3 is 10.2 Å². The number of anilines is 1.